The predicted molar refractivity (Wildman–Crippen MR) is 28.0 cm³/mol. The Labute approximate surface area is 47.3 Å². The van der Waals surface area contributed by atoms with Crippen LogP contribution in [0.1, 0.15) is 6.92 Å². The van der Waals surface area contributed by atoms with Crippen LogP contribution in [0.15, 0.2) is 12.2 Å². The minimum atomic E-state index is -1.51. The van der Waals surface area contributed by atoms with Gasteiger partial charge >= 0.3 is 0 Å². The number of allylic oxidation sites excluding steroid dienone is 1. The van der Waals surface area contributed by atoms with Gasteiger partial charge in [-0.15, -0.1) is 0 Å². The highest BCUT2D eigenvalue weighted by Gasteiger charge is 1.86. The van der Waals surface area contributed by atoms with Crippen molar-refractivity contribution in [1.82, 2.24) is 0 Å². The van der Waals surface area contributed by atoms with Crippen molar-refractivity contribution in [1.29, 1.82) is 0 Å². The van der Waals surface area contributed by atoms with Gasteiger partial charge < -0.3 is 10.2 Å². The quantitative estimate of drug-likeness (QED) is 0.375. The van der Waals surface area contributed by atoms with Crippen molar-refractivity contribution in [3.8, 4) is 0 Å². The van der Waals surface area contributed by atoms with Gasteiger partial charge in [0.1, 0.15) is 0 Å². The summed E-state index contributed by atoms with van der Waals surface area (Å²) >= 11 is 0. The van der Waals surface area contributed by atoms with E-state index in [0.29, 0.717) is 0 Å². The fraction of sp³-hybridized carbons (Fsp3) is 0.400. The van der Waals surface area contributed by atoms with Crippen LogP contribution < -0.4 is 0 Å². The summed E-state index contributed by atoms with van der Waals surface area (Å²) < 4.78 is 0. The highest BCUT2D eigenvalue weighted by Crippen LogP contribution is 1.78. The van der Waals surface area contributed by atoms with Crippen molar-refractivity contribution in [2.24, 2.45) is 0 Å². The second-order valence-corrected chi connectivity index (χ2v) is 1.38. The maximum Gasteiger partial charge on any atom is 0.171 e. The molecule has 0 bridgehead atoms. The lowest BCUT2D eigenvalue weighted by atomic mass is 10.4. The van der Waals surface area contributed by atoms with Crippen molar-refractivity contribution in [3.63, 3.8) is 0 Å². The number of hydrogen-bond acceptors (Lipinski definition) is 3. The minimum absolute atomic E-state index is 0.196. The molecule has 3 nitrogen and oxygen atoms in total. The van der Waals surface area contributed by atoms with Gasteiger partial charge in [0.05, 0.1) is 0 Å². The molecular weight excluding hydrogens is 108 g/mol. The van der Waals surface area contributed by atoms with Crippen molar-refractivity contribution >= 4 is 5.78 Å². The molecule has 0 aliphatic carbocycles. The van der Waals surface area contributed by atoms with Gasteiger partial charge in [-0.1, -0.05) is 0 Å². The Bertz CT molecular complexity index is 104. The molecule has 0 aromatic heterocycles. The van der Waals surface area contributed by atoms with Crippen molar-refractivity contribution < 1.29 is 15.0 Å². The van der Waals surface area contributed by atoms with Crippen LogP contribution in [0.2, 0.25) is 0 Å². The molecule has 0 atom stereocenters. The van der Waals surface area contributed by atoms with E-state index >= 15 is 0 Å². The summed E-state index contributed by atoms with van der Waals surface area (Å²) in [6.07, 6.45) is 0.589. The lowest BCUT2D eigenvalue weighted by molar-refractivity contribution is -0.112. The molecule has 3 heteroatoms. The lowest BCUT2D eigenvalue weighted by Crippen LogP contribution is -1.98. The number of hydrogen-bond donors (Lipinski definition) is 2. The lowest BCUT2D eigenvalue weighted by Gasteiger charge is -1.88. The first kappa shape index (κ1) is 7.33. The first-order valence-electron chi connectivity index (χ1n) is 2.18. The third-order valence-corrected chi connectivity index (χ3v) is 0.503. The molecule has 0 heterocycles. The molecule has 0 spiro atoms. The molecule has 8 heavy (non-hydrogen) atoms. The summed E-state index contributed by atoms with van der Waals surface area (Å²) in [4.78, 5) is 10.0. The Kier molecular flexibility index (Phi) is 3.07. The van der Waals surface area contributed by atoms with Crippen LogP contribution in [0.4, 0.5) is 0 Å². The molecule has 0 rings (SSSR count). The van der Waals surface area contributed by atoms with Gasteiger partial charge in [-0.05, 0) is 19.1 Å². The summed E-state index contributed by atoms with van der Waals surface area (Å²) in [5.41, 5.74) is 0. The topological polar surface area (TPSA) is 57.5 Å². The second kappa shape index (κ2) is 3.35. The average Bonchev–Trinajstić information content (AvgIpc) is 1.61. The molecule has 0 unspecified atom stereocenters. The Morgan fingerprint density at radius 2 is 2.12 bits per heavy atom. The zero-order valence-corrected chi connectivity index (χ0v) is 4.53. The Balaban J connectivity index is 3.50. The Hall–Kier alpha value is -0.670. The highest BCUT2D eigenvalue weighted by atomic mass is 16.5. The number of carbonyl (C=O) groups is 1. The number of carbonyl (C=O) groups excluding carboxylic acids is 1. The fourth-order valence-electron chi connectivity index (χ4n) is 0.222. The van der Waals surface area contributed by atoms with Crippen LogP contribution >= 0.6 is 0 Å². The number of aliphatic hydroxyl groups excluding tert-OH is 1. The van der Waals surface area contributed by atoms with E-state index in [1.807, 2.05) is 0 Å². The van der Waals surface area contributed by atoms with E-state index in [2.05, 4.69) is 0 Å². The zero-order valence-electron chi connectivity index (χ0n) is 4.53. The molecule has 0 amide bonds. The summed E-state index contributed by atoms with van der Waals surface area (Å²) in [6.45, 7) is 1.33. The van der Waals surface area contributed by atoms with Crippen LogP contribution in [0.25, 0.3) is 0 Å². The van der Waals surface area contributed by atoms with E-state index < -0.39 is 6.29 Å². The van der Waals surface area contributed by atoms with Gasteiger partial charge in [-0.3, -0.25) is 4.79 Å². The van der Waals surface area contributed by atoms with Gasteiger partial charge in [0.2, 0.25) is 0 Å². The highest BCUT2D eigenvalue weighted by molar-refractivity contribution is 5.87. The van der Waals surface area contributed by atoms with Gasteiger partial charge in [0, 0.05) is 0 Å². The maximum absolute atomic E-state index is 10.0. The molecule has 0 aliphatic rings. The normalized spacial score (nSPS) is 11.0. The predicted octanol–water partition coefficient (Wildman–Crippen LogP) is -0.558. The van der Waals surface area contributed by atoms with Crippen LogP contribution in [-0.2, 0) is 4.79 Å². The largest absolute Gasteiger partial charge is 0.365 e. The van der Waals surface area contributed by atoms with Crippen LogP contribution in [-0.4, -0.2) is 22.3 Å². The number of ketones is 1. The van der Waals surface area contributed by atoms with E-state index in [1.54, 1.807) is 0 Å². The first-order chi connectivity index (χ1) is 3.63. The number of aliphatic hydroxyl groups is 2. The smallest absolute Gasteiger partial charge is 0.171 e. The van der Waals surface area contributed by atoms with Gasteiger partial charge in [0.25, 0.3) is 0 Å². The molecule has 0 saturated carbocycles. The van der Waals surface area contributed by atoms with Gasteiger partial charge in [0.15, 0.2) is 12.1 Å². The van der Waals surface area contributed by atoms with Crippen molar-refractivity contribution in [2.75, 3.05) is 0 Å². The maximum atomic E-state index is 10.0. The second-order valence-electron chi connectivity index (χ2n) is 1.38. The van der Waals surface area contributed by atoms with E-state index in [0.717, 1.165) is 12.2 Å². The molecule has 0 fully saturated rings. The molecule has 0 saturated heterocycles. The van der Waals surface area contributed by atoms with E-state index in [-0.39, 0.29) is 5.78 Å². The molecule has 0 radical (unpaired) electrons. The van der Waals surface area contributed by atoms with E-state index in [9.17, 15) is 4.79 Å². The molecule has 0 aliphatic heterocycles. The monoisotopic (exact) mass is 116 g/mol. The van der Waals surface area contributed by atoms with E-state index in [4.69, 9.17) is 10.2 Å². The molecule has 0 aromatic rings. The fourth-order valence-corrected chi connectivity index (χ4v) is 0.222. The Morgan fingerprint density at radius 3 is 2.25 bits per heavy atom. The molecule has 2 N–H and O–H groups in total. The van der Waals surface area contributed by atoms with Crippen LogP contribution in [0.3, 0.4) is 0 Å². The Morgan fingerprint density at radius 1 is 1.62 bits per heavy atom. The van der Waals surface area contributed by atoms with Gasteiger partial charge in [-0.25, -0.2) is 0 Å². The van der Waals surface area contributed by atoms with Gasteiger partial charge in [-0.2, -0.15) is 0 Å². The van der Waals surface area contributed by atoms with Crippen LogP contribution in [0, 0.1) is 0 Å². The van der Waals surface area contributed by atoms with Crippen LogP contribution in [0.5, 0.6) is 0 Å². The average molecular weight is 116 g/mol. The summed E-state index contributed by atoms with van der Waals surface area (Å²) in [5, 5.41) is 16.2. The summed E-state index contributed by atoms with van der Waals surface area (Å²) in [6, 6.07) is 0. The van der Waals surface area contributed by atoms with Crippen molar-refractivity contribution in [3.05, 3.63) is 12.2 Å². The standard InChI is InChI=1S/C5H8O3/c1-4(6)2-3-5(7)8/h2-3,5,7-8H,1H3. The first-order valence-corrected chi connectivity index (χ1v) is 2.18. The third-order valence-electron chi connectivity index (χ3n) is 0.503. The molecule has 46 valence electrons. The minimum Gasteiger partial charge on any atom is -0.365 e. The van der Waals surface area contributed by atoms with Crippen molar-refractivity contribution in [2.45, 2.75) is 13.2 Å². The molecular formula is C5H8O3. The SMILES string of the molecule is CC(=O)C=CC(O)O. The van der Waals surface area contributed by atoms with E-state index in [1.165, 1.54) is 6.92 Å². The summed E-state index contributed by atoms with van der Waals surface area (Å²) in [7, 11) is 0. The zero-order chi connectivity index (χ0) is 6.57. The third kappa shape index (κ3) is 5.33. The molecule has 0 aromatic carbocycles. The number of rotatable bonds is 2. The summed E-state index contributed by atoms with van der Waals surface area (Å²) in [5.74, 6) is -0.196.